The topological polar surface area (TPSA) is 92.4 Å². The Morgan fingerprint density at radius 2 is 1.89 bits per heavy atom. The average molecular weight is 258 g/mol. The van der Waals surface area contributed by atoms with Crippen molar-refractivity contribution in [1.29, 1.82) is 0 Å². The fraction of sp³-hybridized carbons (Fsp3) is 0.846. The van der Waals surface area contributed by atoms with E-state index in [1.807, 2.05) is 6.92 Å². The Hall–Kier alpha value is -1.10. The maximum absolute atomic E-state index is 12.0. The van der Waals surface area contributed by atoms with Gasteiger partial charge in [-0.25, -0.2) is 0 Å². The van der Waals surface area contributed by atoms with Gasteiger partial charge in [-0.15, -0.1) is 0 Å². The zero-order valence-electron chi connectivity index (χ0n) is 11.8. The summed E-state index contributed by atoms with van der Waals surface area (Å²) >= 11 is 0. The molecule has 0 aromatic carbocycles. The molecule has 0 rings (SSSR count). The summed E-state index contributed by atoms with van der Waals surface area (Å²) in [6.45, 7) is 8.32. The van der Waals surface area contributed by atoms with Gasteiger partial charge >= 0.3 is 5.97 Å². The molecule has 0 saturated heterocycles. The van der Waals surface area contributed by atoms with Gasteiger partial charge in [0.2, 0.25) is 5.91 Å². The van der Waals surface area contributed by atoms with E-state index in [-0.39, 0.29) is 29.7 Å². The zero-order chi connectivity index (χ0) is 14.3. The summed E-state index contributed by atoms with van der Waals surface area (Å²) < 4.78 is 0. The van der Waals surface area contributed by atoms with Crippen molar-refractivity contribution in [3.8, 4) is 0 Å². The van der Waals surface area contributed by atoms with Crippen LogP contribution in [0, 0.1) is 11.3 Å². The number of aliphatic carboxylic acids is 1. The van der Waals surface area contributed by atoms with E-state index in [0.717, 1.165) is 6.42 Å². The largest absolute Gasteiger partial charge is 0.481 e. The van der Waals surface area contributed by atoms with E-state index in [9.17, 15) is 9.59 Å². The number of rotatable bonds is 7. The van der Waals surface area contributed by atoms with Gasteiger partial charge in [0.1, 0.15) is 0 Å². The third-order valence-electron chi connectivity index (χ3n) is 2.69. The fourth-order valence-corrected chi connectivity index (χ4v) is 1.80. The maximum Gasteiger partial charge on any atom is 0.303 e. The Labute approximate surface area is 109 Å². The zero-order valence-corrected chi connectivity index (χ0v) is 11.8. The molecular weight excluding hydrogens is 232 g/mol. The lowest BCUT2D eigenvalue weighted by Crippen LogP contribution is -2.41. The minimum atomic E-state index is -0.846. The molecule has 4 N–H and O–H groups in total. The number of carboxylic acid groups (broad SMARTS) is 1. The van der Waals surface area contributed by atoms with Crippen LogP contribution in [-0.4, -0.2) is 29.6 Å². The Morgan fingerprint density at radius 3 is 2.28 bits per heavy atom. The Kier molecular flexibility index (Phi) is 6.91. The number of carbonyl (C=O) groups excluding carboxylic acids is 1. The Bertz CT molecular complexity index is 284. The third kappa shape index (κ3) is 8.06. The number of hydrogen-bond acceptors (Lipinski definition) is 3. The smallest absolute Gasteiger partial charge is 0.303 e. The van der Waals surface area contributed by atoms with Crippen LogP contribution in [-0.2, 0) is 9.59 Å². The normalized spacial score (nSPS) is 14.9. The number of carbonyl (C=O) groups is 2. The molecule has 0 aliphatic rings. The van der Waals surface area contributed by atoms with Crippen molar-refractivity contribution >= 4 is 11.9 Å². The van der Waals surface area contributed by atoms with Crippen molar-refractivity contribution in [3.63, 3.8) is 0 Å². The van der Waals surface area contributed by atoms with E-state index in [1.165, 1.54) is 0 Å². The number of nitrogens with two attached hydrogens (primary N) is 1. The van der Waals surface area contributed by atoms with Crippen molar-refractivity contribution in [2.45, 2.75) is 53.0 Å². The Balaban J connectivity index is 4.22. The molecular formula is C13H26N2O3. The predicted octanol–water partition coefficient (Wildman–Crippen LogP) is 1.37. The molecule has 5 heteroatoms. The molecule has 0 heterocycles. The highest BCUT2D eigenvalue weighted by Gasteiger charge is 2.24. The summed E-state index contributed by atoms with van der Waals surface area (Å²) in [6, 6.07) is -0.136. The van der Waals surface area contributed by atoms with Gasteiger partial charge in [-0.05, 0) is 25.2 Å². The van der Waals surface area contributed by atoms with Crippen LogP contribution in [0.4, 0.5) is 0 Å². The highest BCUT2D eigenvalue weighted by molar-refractivity contribution is 5.79. The van der Waals surface area contributed by atoms with Crippen molar-refractivity contribution in [2.75, 3.05) is 6.54 Å². The van der Waals surface area contributed by atoms with Gasteiger partial charge in [-0.1, -0.05) is 20.8 Å². The summed E-state index contributed by atoms with van der Waals surface area (Å²) in [7, 11) is 0. The molecule has 0 fully saturated rings. The number of amides is 1. The highest BCUT2D eigenvalue weighted by Crippen LogP contribution is 2.24. The number of carboxylic acids is 1. The quantitative estimate of drug-likeness (QED) is 0.643. The molecule has 0 aromatic rings. The first-order chi connectivity index (χ1) is 8.15. The standard InChI is InChI=1S/C13H26N2O3/c1-9(5-6-11(16)17)15-12(18)10(8-14)7-13(2,3)4/h9-10H,5-8,14H2,1-4H3,(H,15,18)(H,16,17). The van der Waals surface area contributed by atoms with Gasteiger partial charge in [-0.3, -0.25) is 9.59 Å². The molecule has 0 aliphatic heterocycles. The summed E-state index contributed by atoms with van der Waals surface area (Å²) in [5.74, 6) is -1.14. The van der Waals surface area contributed by atoms with E-state index in [4.69, 9.17) is 10.8 Å². The van der Waals surface area contributed by atoms with Gasteiger partial charge in [0.15, 0.2) is 0 Å². The van der Waals surface area contributed by atoms with E-state index >= 15 is 0 Å². The van der Waals surface area contributed by atoms with Crippen molar-refractivity contribution in [2.24, 2.45) is 17.1 Å². The van der Waals surface area contributed by atoms with Crippen molar-refractivity contribution < 1.29 is 14.7 Å². The van der Waals surface area contributed by atoms with Gasteiger partial charge in [-0.2, -0.15) is 0 Å². The highest BCUT2D eigenvalue weighted by atomic mass is 16.4. The van der Waals surface area contributed by atoms with E-state index in [0.29, 0.717) is 13.0 Å². The van der Waals surface area contributed by atoms with Gasteiger partial charge in [0.25, 0.3) is 0 Å². The van der Waals surface area contributed by atoms with E-state index < -0.39 is 5.97 Å². The molecule has 106 valence electrons. The molecule has 0 saturated carbocycles. The molecule has 5 nitrogen and oxygen atoms in total. The van der Waals surface area contributed by atoms with Crippen molar-refractivity contribution in [3.05, 3.63) is 0 Å². The second-order valence-corrected chi connectivity index (χ2v) is 6.04. The molecule has 1 amide bonds. The van der Waals surface area contributed by atoms with Crippen LogP contribution in [0.25, 0.3) is 0 Å². The average Bonchev–Trinajstić information content (AvgIpc) is 2.21. The summed E-state index contributed by atoms with van der Waals surface area (Å²) in [4.78, 5) is 22.4. The van der Waals surface area contributed by atoms with Gasteiger partial charge in [0, 0.05) is 19.0 Å². The van der Waals surface area contributed by atoms with Crippen LogP contribution < -0.4 is 11.1 Å². The first-order valence-corrected chi connectivity index (χ1v) is 6.38. The SMILES string of the molecule is CC(CCC(=O)O)NC(=O)C(CN)CC(C)(C)C. The minimum absolute atomic E-state index is 0.0473. The Morgan fingerprint density at radius 1 is 1.33 bits per heavy atom. The predicted molar refractivity (Wildman–Crippen MR) is 71.1 cm³/mol. The second kappa shape index (κ2) is 7.36. The molecule has 2 unspecified atom stereocenters. The van der Waals surface area contributed by atoms with Crippen molar-refractivity contribution in [1.82, 2.24) is 5.32 Å². The summed E-state index contributed by atoms with van der Waals surface area (Å²) in [5, 5.41) is 11.4. The van der Waals surface area contributed by atoms with Crippen LogP contribution in [0.15, 0.2) is 0 Å². The number of hydrogen-bond donors (Lipinski definition) is 3. The van der Waals surface area contributed by atoms with Gasteiger partial charge < -0.3 is 16.2 Å². The summed E-state index contributed by atoms with van der Waals surface area (Å²) in [5.41, 5.74) is 5.67. The lowest BCUT2D eigenvalue weighted by molar-refractivity contribution is -0.137. The second-order valence-electron chi connectivity index (χ2n) is 6.04. The van der Waals surface area contributed by atoms with Gasteiger partial charge in [0.05, 0.1) is 5.92 Å². The first-order valence-electron chi connectivity index (χ1n) is 6.38. The maximum atomic E-state index is 12.0. The monoisotopic (exact) mass is 258 g/mol. The van der Waals surface area contributed by atoms with E-state index in [2.05, 4.69) is 26.1 Å². The third-order valence-corrected chi connectivity index (χ3v) is 2.69. The molecule has 0 radical (unpaired) electrons. The lowest BCUT2D eigenvalue weighted by atomic mass is 9.84. The molecule has 0 aromatic heterocycles. The molecule has 0 aliphatic carbocycles. The minimum Gasteiger partial charge on any atom is -0.481 e. The van der Waals surface area contributed by atoms with Crippen LogP contribution in [0.1, 0.15) is 47.0 Å². The molecule has 18 heavy (non-hydrogen) atoms. The van der Waals surface area contributed by atoms with Crippen LogP contribution in [0.2, 0.25) is 0 Å². The fourth-order valence-electron chi connectivity index (χ4n) is 1.80. The first kappa shape index (κ1) is 16.9. The molecule has 0 bridgehead atoms. The molecule has 2 atom stereocenters. The molecule has 0 spiro atoms. The van der Waals surface area contributed by atoms with Crippen LogP contribution in [0.3, 0.4) is 0 Å². The van der Waals surface area contributed by atoms with Crippen LogP contribution in [0.5, 0.6) is 0 Å². The lowest BCUT2D eigenvalue weighted by Gasteiger charge is -2.25. The van der Waals surface area contributed by atoms with E-state index in [1.54, 1.807) is 0 Å². The summed E-state index contributed by atoms with van der Waals surface area (Å²) in [6.07, 6.45) is 1.23. The van der Waals surface area contributed by atoms with Crippen LogP contribution >= 0.6 is 0 Å². The number of nitrogens with one attached hydrogen (secondary N) is 1.